The molecule has 1 aliphatic rings. The molecule has 0 radical (unpaired) electrons. The van der Waals surface area contributed by atoms with Crippen LogP contribution in [0.25, 0.3) is 0 Å². The number of hydrogen-bond acceptors (Lipinski definition) is 3. The molecule has 1 saturated heterocycles. The number of halogens is 1. The summed E-state index contributed by atoms with van der Waals surface area (Å²) in [5.74, 6) is 0.630. The molecule has 1 aromatic rings. The number of rotatable bonds is 3. The lowest BCUT2D eigenvalue weighted by Gasteiger charge is -2.34. The lowest BCUT2D eigenvalue weighted by atomic mass is 9.92. The van der Waals surface area contributed by atoms with Crippen LogP contribution < -0.4 is 5.73 Å². The van der Waals surface area contributed by atoms with Gasteiger partial charge in [0.2, 0.25) is 5.91 Å². The second-order valence-corrected chi connectivity index (χ2v) is 5.14. The van der Waals surface area contributed by atoms with E-state index in [2.05, 4.69) is 4.98 Å². The Balaban J connectivity index is 0.00000180. The quantitative estimate of drug-likeness (QED) is 0.917. The highest BCUT2D eigenvalue weighted by atomic mass is 35.5. The molecule has 0 aromatic carbocycles. The Morgan fingerprint density at radius 1 is 1.63 bits per heavy atom. The fraction of sp³-hybridized carbons (Fsp3) is 0.571. The Hall–Kier alpha value is -1.13. The average Bonchev–Trinajstić information content (AvgIpc) is 2.40. The highest BCUT2D eigenvalue weighted by Crippen LogP contribution is 2.19. The number of nitrogens with zero attached hydrogens (tertiary/aromatic N) is 2. The molecule has 1 aliphatic heterocycles. The molecule has 4 nitrogen and oxygen atoms in total. The summed E-state index contributed by atoms with van der Waals surface area (Å²) in [6.45, 7) is 3.69. The van der Waals surface area contributed by atoms with Gasteiger partial charge in [-0.3, -0.25) is 9.78 Å². The van der Waals surface area contributed by atoms with Gasteiger partial charge in [0.15, 0.2) is 0 Å². The number of amides is 1. The molecule has 1 fully saturated rings. The summed E-state index contributed by atoms with van der Waals surface area (Å²) in [6.07, 6.45) is 6.12. The Morgan fingerprint density at radius 2 is 2.42 bits per heavy atom. The molecule has 5 heteroatoms. The van der Waals surface area contributed by atoms with E-state index in [9.17, 15) is 4.79 Å². The summed E-state index contributed by atoms with van der Waals surface area (Å²) in [5.41, 5.74) is 6.91. The standard InChI is InChI=1S/C14H21N3O.ClH/c1-11(15)13-5-3-7-17(10-13)14(18)8-12-4-2-6-16-9-12;/h2,4,6,9,11,13H,3,5,7-8,10,15H2,1H3;1H. The molecule has 2 rings (SSSR count). The second kappa shape index (κ2) is 7.46. The summed E-state index contributed by atoms with van der Waals surface area (Å²) >= 11 is 0. The zero-order chi connectivity index (χ0) is 13.0. The Bertz CT molecular complexity index is 397. The highest BCUT2D eigenvalue weighted by molar-refractivity contribution is 5.85. The summed E-state index contributed by atoms with van der Waals surface area (Å²) in [4.78, 5) is 18.2. The van der Waals surface area contributed by atoms with Gasteiger partial charge in [0.1, 0.15) is 0 Å². The van der Waals surface area contributed by atoms with Crippen LogP contribution in [0.3, 0.4) is 0 Å². The second-order valence-electron chi connectivity index (χ2n) is 5.14. The van der Waals surface area contributed by atoms with Crippen molar-refractivity contribution in [2.24, 2.45) is 11.7 Å². The van der Waals surface area contributed by atoms with Crippen molar-refractivity contribution >= 4 is 18.3 Å². The van der Waals surface area contributed by atoms with Crippen LogP contribution in [0.5, 0.6) is 0 Å². The first-order chi connectivity index (χ1) is 8.66. The topological polar surface area (TPSA) is 59.2 Å². The van der Waals surface area contributed by atoms with Gasteiger partial charge in [-0.2, -0.15) is 0 Å². The molecule has 0 bridgehead atoms. The van der Waals surface area contributed by atoms with Crippen LogP contribution in [0.15, 0.2) is 24.5 Å². The number of carbonyl (C=O) groups is 1. The lowest BCUT2D eigenvalue weighted by Crippen LogP contribution is -2.45. The van der Waals surface area contributed by atoms with E-state index in [1.165, 1.54) is 0 Å². The van der Waals surface area contributed by atoms with E-state index in [-0.39, 0.29) is 24.4 Å². The van der Waals surface area contributed by atoms with Crippen LogP contribution in [0.2, 0.25) is 0 Å². The summed E-state index contributed by atoms with van der Waals surface area (Å²) in [7, 11) is 0. The maximum absolute atomic E-state index is 12.2. The first-order valence-electron chi connectivity index (χ1n) is 6.59. The Kier molecular flexibility index (Phi) is 6.25. The predicted molar refractivity (Wildman–Crippen MR) is 78.1 cm³/mol. The van der Waals surface area contributed by atoms with Crippen molar-refractivity contribution < 1.29 is 4.79 Å². The molecule has 2 heterocycles. The predicted octanol–water partition coefficient (Wildman–Crippen LogP) is 1.63. The largest absolute Gasteiger partial charge is 0.342 e. The van der Waals surface area contributed by atoms with Gasteiger partial charge < -0.3 is 10.6 Å². The lowest BCUT2D eigenvalue weighted by molar-refractivity contribution is -0.132. The minimum Gasteiger partial charge on any atom is -0.342 e. The van der Waals surface area contributed by atoms with Gasteiger partial charge in [0.05, 0.1) is 6.42 Å². The SMILES string of the molecule is CC(N)C1CCCN(C(=O)Cc2cccnc2)C1.Cl. The van der Waals surface area contributed by atoms with Crippen molar-refractivity contribution in [2.45, 2.75) is 32.2 Å². The molecular weight excluding hydrogens is 262 g/mol. The molecule has 0 aliphatic carbocycles. The number of pyridine rings is 1. The van der Waals surface area contributed by atoms with E-state index in [0.29, 0.717) is 12.3 Å². The summed E-state index contributed by atoms with van der Waals surface area (Å²) in [5, 5.41) is 0. The van der Waals surface area contributed by atoms with E-state index in [1.54, 1.807) is 12.4 Å². The van der Waals surface area contributed by atoms with Crippen LogP contribution >= 0.6 is 12.4 Å². The molecule has 0 spiro atoms. The third-order valence-corrected chi connectivity index (χ3v) is 3.63. The number of aromatic nitrogens is 1. The van der Waals surface area contributed by atoms with E-state index >= 15 is 0 Å². The summed E-state index contributed by atoms with van der Waals surface area (Å²) in [6, 6.07) is 3.97. The zero-order valence-corrected chi connectivity index (χ0v) is 12.1. The number of hydrogen-bond donors (Lipinski definition) is 1. The number of nitrogens with two attached hydrogens (primary N) is 1. The minimum atomic E-state index is 0. The van der Waals surface area contributed by atoms with Gasteiger partial charge in [-0.25, -0.2) is 0 Å². The van der Waals surface area contributed by atoms with Gasteiger partial charge in [-0.1, -0.05) is 6.07 Å². The third-order valence-electron chi connectivity index (χ3n) is 3.63. The van der Waals surface area contributed by atoms with E-state index in [1.807, 2.05) is 24.0 Å². The minimum absolute atomic E-state index is 0. The van der Waals surface area contributed by atoms with Crippen LogP contribution in [0.4, 0.5) is 0 Å². The molecule has 2 unspecified atom stereocenters. The normalized spacial score (nSPS) is 20.5. The van der Waals surface area contributed by atoms with Crippen molar-refractivity contribution in [1.29, 1.82) is 0 Å². The molecule has 1 amide bonds. The molecule has 2 N–H and O–H groups in total. The van der Waals surface area contributed by atoms with Gasteiger partial charge >= 0.3 is 0 Å². The van der Waals surface area contributed by atoms with Crippen LogP contribution in [0.1, 0.15) is 25.3 Å². The smallest absolute Gasteiger partial charge is 0.227 e. The van der Waals surface area contributed by atoms with Crippen LogP contribution in [0, 0.1) is 5.92 Å². The van der Waals surface area contributed by atoms with Gasteiger partial charge in [0, 0.05) is 31.5 Å². The van der Waals surface area contributed by atoms with Crippen molar-refractivity contribution in [3.8, 4) is 0 Å². The van der Waals surface area contributed by atoms with Crippen molar-refractivity contribution in [1.82, 2.24) is 9.88 Å². The van der Waals surface area contributed by atoms with Crippen molar-refractivity contribution in [3.05, 3.63) is 30.1 Å². The number of carbonyl (C=O) groups excluding carboxylic acids is 1. The van der Waals surface area contributed by atoms with Crippen LogP contribution in [-0.4, -0.2) is 34.9 Å². The number of piperidine rings is 1. The molecule has 1 aromatic heterocycles. The zero-order valence-electron chi connectivity index (χ0n) is 11.3. The van der Waals surface area contributed by atoms with Gasteiger partial charge in [-0.05, 0) is 37.3 Å². The average molecular weight is 284 g/mol. The molecular formula is C14H22ClN3O. The van der Waals surface area contributed by atoms with Crippen LogP contribution in [-0.2, 0) is 11.2 Å². The monoisotopic (exact) mass is 283 g/mol. The van der Waals surface area contributed by atoms with E-state index in [4.69, 9.17) is 5.73 Å². The first-order valence-corrected chi connectivity index (χ1v) is 6.59. The maximum Gasteiger partial charge on any atom is 0.227 e. The van der Waals surface area contributed by atoms with Gasteiger partial charge in [-0.15, -0.1) is 12.4 Å². The highest BCUT2D eigenvalue weighted by Gasteiger charge is 2.25. The molecule has 19 heavy (non-hydrogen) atoms. The fourth-order valence-electron chi connectivity index (χ4n) is 2.45. The fourth-order valence-corrected chi connectivity index (χ4v) is 2.45. The maximum atomic E-state index is 12.2. The van der Waals surface area contributed by atoms with Crippen molar-refractivity contribution in [2.75, 3.05) is 13.1 Å². The molecule has 2 atom stereocenters. The summed E-state index contributed by atoms with van der Waals surface area (Å²) < 4.78 is 0. The Morgan fingerprint density at radius 3 is 3.05 bits per heavy atom. The molecule has 106 valence electrons. The van der Waals surface area contributed by atoms with E-state index in [0.717, 1.165) is 31.5 Å². The molecule has 0 saturated carbocycles. The van der Waals surface area contributed by atoms with Gasteiger partial charge in [0.25, 0.3) is 0 Å². The Labute approximate surface area is 120 Å². The van der Waals surface area contributed by atoms with Crippen molar-refractivity contribution in [3.63, 3.8) is 0 Å². The van der Waals surface area contributed by atoms with E-state index < -0.39 is 0 Å². The first kappa shape index (κ1) is 15.9. The number of likely N-dealkylation sites (tertiary alicyclic amines) is 1. The third kappa shape index (κ3) is 4.48.